The van der Waals surface area contributed by atoms with Gasteiger partial charge in [0, 0.05) is 18.2 Å². The number of nitrogens with zero attached hydrogens (tertiary/aromatic N) is 1. The van der Waals surface area contributed by atoms with Gasteiger partial charge >= 0.3 is 12.0 Å². The third-order valence-corrected chi connectivity index (χ3v) is 5.85. The molecule has 1 aromatic heterocycles. The Hall–Kier alpha value is -1.68. The Kier molecular flexibility index (Phi) is 5.29. The van der Waals surface area contributed by atoms with Gasteiger partial charge in [-0.25, -0.2) is 23.0 Å². The van der Waals surface area contributed by atoms with E-state index in [1.54, 1.807) is 0 Å². The molecule has 0 atom stereocenters. The van der Waals surface area contributed by atoms with Crippen molar-refractivity contribution in [2.24, 2.45) is 0 Å². The van der Waals surface area contributed by atoms with Crippen LogP contribution in [0.1, 0.15) is 29.3 Å². The van der Waals surface area contributed by atoms with Crippen LogP contribution in [-0.4, -0.2) is 48.1 Å². The number of thiazole rings is 1. The van der Waals surface area contributed by atoms with Crippen LogP contribution in [-0.2, 0) is 16.4 Å². The third-order valence-electron chi connectivity index (χ3n) is 2.85. The van der Waals surface area contributed by atoms with E-state index < -0.39 is 26.6 Å². The number of carboxylic acid groups (broad SMARTS) is 1. The van der Waals surface area contributed by atoms with Crippen molar-refractivity contribution in [1.82, 2.24) is 15.6 Å². The van der Waals surface area contributed by atoms with Gasteiger partial charge in [-0.05, 0) is 13.8 Å². The zero-order valence-corrected chi connectivity index (χ0v) is 13.5. The summed E-state index contributed by atoms with van der Waals surface area (Å²) in [5, 5.41) is 15.5. The predicted molar refractivity (Wildman–Crippen MR) is 78.2 cm³/mol. The first-order valence-electron chi connectivity index (χ1n) is 5.92. The number of carbonyl (C=O) groups excluding carboxylic acids is 1. The van der Waals surface area contributed by atoms with Gasteiger partial charge in [0.1, 0.15) is 5.01 Å². The molecule has 0 aliphatic rings. The molecule has 1 heterocycles. The van der Waals surface area contributed by atoms with E-state index in [2.05, 4.69) is 15.6 Å². The number of carboxylic acids is 1. The highest BCUT2D eigenvalue weighted by Crippen LogP contribution is 2.13. The summed E-state index contributed by atoms with van der Waals surface area (Å²) in [4.78, 5) is 26.0. The summed E-state index contributed by atoms with van der Waals surface area (Å²) in [5.74, 6) is -1.13. The van der Waals surface area contributed by atoms with E-state index in [1.807, 2.05) is 0 Å². The summed E-state index contributed by atoms with van der Waals surface area (Å²) in [6, 6.07) is -0.543. The van der Waals surface area contributed by atoms with Gasteiger partial charge in [0.05, 0.1) is 11.3 Å². The fraction of sp³-hybridized carbons (Fsp3) is 0.545. The van der Waals surface area contributed by atoms with Crippen molar-refractivity contribution in [2.45, 2.75) is 25.1 Å². The van der Waals surface area contributed by atoms with Gasteiger partial charge in [-0.15, -0.1) is 11.3 Å². The minimum absolute atomic E-state index is 0.0318. The Balaban J connectivity index is 2.46. The number of sulfone groups is 1. The Morgan fingerprint density at radius 1 is 1.38 bits per heavy atom. The lowest BCUT2D eigenvalue weighted by Gasteiger charge is -2.22. The van der Waals surface area contributed by atoms with E-state index in [1.165, 1.54) is 19.2 Å². The van der Waals surface area contributed by atoms with Gasteiger partial charge in [-0.3, -0.25) is 0 Å². The molecule has 3 N–H and O–H groups in total. The fourth-order valence-electron chi connectivity index (χ4n) is 1.13. The minimum atomic E-state index is -3.29. The highest BCUT2D eigenvalue weighted by atomic mass is 32.2. The first kappa shape index (κ1) is 17.4. The molecule has 0 aliphatic carbocycles. The van der Waals surface area contributed by atoms with Crippen LogP contribution in [0.25, 0.3) is 0 Å². The van der Waals surface area contributed by atoms with Crippen molar-refractivity contribution in [3.05, 3.63) is 16.1 Å². The van der Waals surface area contributed by atoms with E-state index in [0.717, 1.165) is 17.6 Å². The SMILES string of the molecule is CC(C)(CNC(=O)NCc1nc(C(=O)O)cs1)S(C)(=O)=O. The summed E-state index contributed by atoms with van der Waals surface area (Å²) in [6.45, 7) is 3.07. The number of urea groups is 1. The minimum Gasteiger partial charge on any atom is -0.476 e. The Morgan fingerprint density at radius 2 is 2.00 bits per heavy atom. The summed E-state index contributed by atoms with van der Waals surface area (Å²) in [5.41, 5.74) is -0.0737. The molecule has 10 heteroatoms. The lowest BCUT2D eigenvalue weighted by molar-refractivity contribution is 0.0691. The van der Waals surface area contributed by atoms with Gasteiger partial charge in [-0.2, -0.15) is 0 Å². The second kappa shape index (κ2) is 6.39. The van der Waals surface area contributed by atoms with Crippen molar-refractivity contribution in [3.63, 3.8) is 0 Å². The van der Waals surface area contributed by atoms with E-state index in [-0.39, 0.29) is 18.8 Å². The smallest absolute Gasteiger partial charge is 0.355 e. The maximum atomic E-state index is 11.6. The summed E-state index contributed by atoms with van der Waals surface area (Å²) in [7, 11) is -3.29. The molecule has 1 aromatic rings. The molecule has 0 spiro atoms. The first-order chi connectivity index (χ1) is 9.53. The van der Waals surface area contributed by atoms with E-state index in [4.69, 9.17) is 5.11 Å². The normalized spacial score (nSPS) is 12.0. The molecule has 0 saturated carbocycles. The van der Waals surface area contributed by atoms with Gasteiger partial charge in [0.2, 0.25) is 0 Å². The lowest BCUT2D eigenvalue weighted by Crippen LogP contribution is -2.46. The van der Waals surface area contributed by atoms with Gasteiger partial charge in [-0.1, -0.05) is 0 Å². The molecule has 0 saturated heterocycles. The molecule has 0 radical (unpaired) electrons. The van der Waals surface area contributed by atoms with Crippen molar-refractivity contribution in [2.75, 3.05) is 12.8 Å². The number of rotatable bonds is 6. The fourth-order valence-corrected chi connectivity index (χ4v) is 2.18. The molecule has 2 amide bonds. The van der Waals surface area contributed by atoms with E-state index >= 15 is 0 Å². The highest BCUT2D eigenvalue weighted by Gasteiger charge is 2.30. The van der Waals surface area contributed by atoms with E-state index in [9.17, 15) is 18.0 Å². The molecule has 21 heavy (non-hydrogen) atoms. The standard InChI is InChI=1S/C11H17N3O5S2/c1-11(2,21(3,18)19)6-13-10(17)12-4-8-14-7(5-20-8)9(15)16/h5H,4,6H2,1-3H3,(H,15,16)(H2,12,13,17). The number of aromatic nitrogens is 1. The average Bonchev–Trinajstić information content (AvgIpc) is 2.81. The van der Waals surface area contributed by atoms with Crippen LogP contribution >= 0.6 is 11.3 Å². The molecular weight excluding hydrogens is 318 g/mol. The maximum Gasteiger partial charge on any atom is 0.355 e. The zero-order chi connectivity index (χ0) is 16.3. The Labute approximate surface area is 126 Å². The van der Waals surface area contributed by atoms with Crippen LogP contribution in [0.5, 0.6) is 0 Å². The van der Waals surface area contributed by atoms with Gasteiger partial charge in [0.15, 0.2) is 15.5 Å². The first-order valence-corrected chi connectivity index (χ1v) is 8.69. The molecule has 0 aromatic carbocycles. The van der Waals surface area contributed by atoms with Crippen molar-refractivity contribution in [1.29, 1.82) is 0 Å². The van der Waals surface area contributed by atoms with Crippen molar-refractivity contribution >= 4 is 33.2 Å². The van der Waals surface area contributed by atoms with Crippen molar-refractivity contribution < 1.29 is 23.1 Å². The zero-order valence-electron chi connectivity index (χ0n) is 11.8. The van der Waals surface area contributed by atoms with E-state index in [0.29, 0.717) is 5.01 Å². The van der Waals surface area contributed by atoms with Crippen LogP contribution in [0, 0.1) is 0 Å². The van der Waals surface area contributed by atoms with Crippen LogP contribution in [0.2, 0.25) is 0 Å². The predicted octanol–water partition coefficient (Wildman–Crippen LogP) is 0.464. The molecule has 0 bridgehead atoms. The Bertz CT molecular complexity index is 636. The number of hydrogen-bond acceptors (Lipinski definition) is 6. The molecule has 0 fully saturated rings. The molecule has 8 nitrogen and oxygen atoms in total. The van der Waals surface area contributed by atoms with Gasteiger partial charge in [0.25, 0.3) is 0 Å². The third kappa shape index (κ3) is 4.97. The topological polar surface area (TPSA) is 125 Å². The maximum absolute atomic E-state index is 11.6. The molecule has 1 rings (SSSR count). The number of aromatic carboxylic acids is 1. The van der Waals surface area contributed by atoms with Gasteiger partial charge < -0.3 is 15.7 Å². The number of nitrogens with one attached hydrogen (secondary N) is 2. The van der Waals surface area contributed by atoms with Crippen LogP contribution in [0.3, 0.4) is 0 Å². The lowest BCUT2D eigenvalue weighted by atomic mass is 10.2. The summed E-state index contributed by atoms with van der Waals surface area (Å²) in [6.07, 6.45) is 1.11. The second-order valence-corrected chi connectivity index (χ2v) is 8.59. The largest absolute Gasteiger partial charge is 0.476 e. The number of carbonyl (C=O) groups is 2. The van der Waals surface area contributed by atoms with Crippen molar-refractivity contribution in [3.8, 4) is 0 Å². The highest BCUT2D eigenvalue weighted by molar-refractivity contribution is 7.92. The summed E-state index contributed by atoms with van der Waals surface area (Å²) < 4.78 is 21.9. The quantitative estimate of drug-likeness (QED) is 0.693. The second-order valence-electron chi connectivity index (χ2n) is 5.00. The molecule has 0 unspecified atom stereocenters. The number of hydrogen-bond donors (Lipinski definition) is 3. The molecule has 0 aliphatic heterocycles. The molecular formula is C11H17N3O5S2. The monoisotopic (exact) mass is 335 g/mol. The van der Waals surface area contributed by atoms with Crippen LogP contribution < -0.4 is 10.6 Å². The average molecular weight is 335 g/mol. The number of amides is 2. The Morgan fingerprint density at radius 3 is 2.48 bits per heavy atom. The summed E-state index contributed by atoms with van der Waals surface area (Å²) >= 11 is 1.12. The molecule has 118 valence electrons. The van der Waals surface area contributed by atoms with Crippen LogP contribution in [0.4, 0.5) is 4.79 Å². The van der Waals surface area contributed by atoms with Crippen LogP contribution in [0.15, 0.2) is 5.38 Å².